The Labute approximate surface area is 80.2 Å². The zero-order valence-corrected chi connectivity index (χ0v) is 7.48. The number of hydrogen-bond acceptors (Lipinski definition) is 3. The van der Waals surface area contributed by atoms with Crippen LogP contribution < -0.4 is 0 Å². The molecular formula is C10H8O4. The van der Waals surface area contributed by atoms with Gasteiger partial charge in [-0.3, -0.25) is 9.59 Å². The van der Waals surface area contributed by atoms with Crippen LogP contribution >= 0.6 is 0 Å². The molecular weight excluding hydrogens is 184 g/mol. The average Bonchev–Trinajstić information content (AvgIpc) is 2.16. The number of carbonyl (C=O) groups excluding carboxylic acids is 2. The van der Waals surface area contributed by atoms with E-state index in [4.69, 9.17) is 5.11 Å². The molecule has 1 rings (SSSR count). The van der Waals surface area contributed by atoms with Crippen molar-refractivity contribution < 1.29 is 19.5 Å². The van der Waals surface area contributed by atoms with Gasteiger partial charge in [-0.15, -0.1) is 0 Å². The molecule has 4 nitrogen and oxygen atoms in total. The van der Waals surface area contributed by atoms with Crippen LogP contribution in [0.1, 0.15) is 36.6 Å². The first kappa shape index (κ1) is 10.1. The molecule has 0 fully saturated rings. The monoisotopic (exact) mass is 192 g/mol. The van der Waals surface area contributed by atoms with Crippen LogP contribution in [0.2, 0.25) is 0 Å². The second-order valence-corrected chi connectivity index (χ2v) is 2.80. The second-order valence-electron chi connectivity index (χ2n) is 2.80. The Balaban J connectivity index is 3.56. The summed E-state index contributed by atoms with van der Waals surface area (Å²) in [5, 5.41) is 8.73. The lowest BCUT2D eigenvalue weighted by Crippen LogP contribution is -2.06. The number of benzene rings is 1. The summed E-state index contributed by atoms with van der Waals surface area (Å²) in [6, 6.07) is 2.81. The van der Waals surface area contributed by atoms with E-state index in [9.17, 15) is 14.4 Å². The lowest BCUT2D eigenvalue weighted by molar-refractivity contribution is 0.0694. The number of aldehydes is 2. The Kier molecular flexibility index (Phi) is 2.76. The summed E-state index contributed by atoms with van der Waals surface area (Å²) in [7, 11) is 0. The second kappa shape index (κ2) is 3.83. The first-order valence-corrected chi connectivity index (χ1v) is 3.89. The first-order chi connectivity index (χ1) is 6.61. The van der Waals surface area contributed by atoms with Crippen LogP contribution in [0.4, 0.5) is 0 Å². The van der Waals surface area contributed by atoms with E-state index >= 15 is 0 Å². The summed E-state index contributed by atoms with van der Waals surface area (Å²) < 4.78 is 0. The predicted molar refractivity (Wildman–Crippen MR) is 48.9 cm³/mol. The predicted octanol–water partition coefficient (Wildman–Crippen LogP) is 1.32. The van der Waals surface area contributed by atoms with Crippen molar-refractivity contribution in [1.29, 1.82) is 0 Å². The SMILES string of the molecule is Cc1ccc(C(=O)O)c(C=O)c1C=O. The van der Waals surface area contributed by atoms with Crippen LogP contribution in [0, 0.1) is 6.92 Å². The Morgan fingerprint density at radius 2 is 1.79 bits per heavy atom. The fourth-order valence-electron chi connectivity index (χ4n) is 1.22. The minimum Gasteiger partial charge on any atom is -0.478 e. The van der Waals surface area contributed by atoms with E-state index in [0.717, 1.165) is 0 Å². The molecule has 1 aromatic rings. The van der Waals surface area contributed by atoms with Crippen molar-refractivity contribution in [1.82, 2.24) is 0 Å². The van der Waals surface area contributed by atoms with Crippen molar-refractivity contribution in [2.45, 2.75) is 6.92 Å². The molecule has 0 atom stereocenters. The van der Waals surface area contributed by atoms with Gasteiger partial charge in [-0.25, -0.2) is 4.79 Å². The molecule has 1 N–H and O–H groups in total. The quantitative estimate of drug-likeness (QED) is 0.733. The van der Waals surface area contributed by atoms with Gasteiger partial charge in [0.05, 0.1) is 5.56 Å². The zero-order valence-electron chi connectivity index (χ0n) is 7.48. The van der Waals surface area contributed by atoms with Crippen LogP contribution in [0.15, 0.2) is 12.1 Å². The molecule has 0 aliphatic rings. The topological polar surface area (TPSA) is 71.4 Å². The molecule has 0 radical (unpaired) electrons. The Bertz CT molecular complexity index is 407. The van der Waals surface area contributed by atoms with Crippen molar-refractivity contribution >= 4 is 18.5 Å². The van der Waals surface area contributed by atoms with Gasteiger partial charge in [0.2, 0.25) is 0 Å². The summed E-state index contributed by atoms with van der Waals surface area (Å²) in [4.78, 5) is 32.0. The molecule has 0 unspecified atom stereocenters. The van der Waals surface area contributed by atoms with Gasteiger partial charge >= 0.3 is 5.97 Å². The Hall–Kier alpha value is -1.97. The molecule has 0 amide bonds. The van der Waals surface area contributed by atoms with Gasteiger partial charge in [0, 0.05) is 11.1 Å². The van der Waals surface area contributed by atoms with Crippen LogP contribution in [0.5, 0.6) is 0 Å². The van der Waals surface area contributed by atoms with Crippen molar-refractivity contribution in [3.8, 4) is 0 Å². The first-order valence-electron chi connectivity index (χ1n) is 3.89. The highest BCUT2D eigenvalue weighted by Crippen LogP contribution is 2.15. The standard InChI is InChI=1S/C10H8O4/c1-6-2-3-7(10(13)14)9(5-12)8(6)4-11/h2-5H,1H3,(H,13,14). The van der Waals surface area contributed by atoms with E-state index in [0.29, 0.717) is 18.1 Å². The number of aryl methyl sites for hydroxylation is 1. The normalized spacial score (nSPS) is 9.50. The molecule has 14 heavy (non-hydrogen) atoms. The molecule has 0 saturated heterocycles. The highest BCUT2D eigenvalue weighted by atomic mass is 16.4. The molecule has 4 heteroatoms. The number of carboxylic acid groups (broad SMARTS) is 1. The lowest BCUT2D eigenvalue weighted by Gasteiger charge is -2.04. The van der Waals surface area contributed by atoms with Crippen molar-refractivity contribution in [2.24, 2.45) is 0 Å². The van der Waals surface area contributed by atoms with E-state index in [1.54, 1.807) is 6.92 Å². The van der Waals surface area contributed by atoms with E-state index in [1.807, 2.05) is 0 Å². The summed E-state index contributed by atoms with van der Waals surface area (Å²) >= 11 is 0. The van der Waals surface area contributed by atoms with Crippen molar-refractivity contribution in [3.05, 3.63) is 34.4 Å². The number of carboxylic acids is 1. The number of rotatable bonds is 3. The largest absolute Gasteiger partial charge is 0.478 e. The van der Waals surface area contributed by atoms with Crippen molar-refractivity contribution in [2.75, 3.05) is 0 Å². The molecule has 0 aromatic heterocycles. The molecule has 72 valence electrons. The molecule has 0 spiro atoms. The zero-order chi connectivity index (χ0) is 10.7. The maximum atomic E-state index is 10.7. The highest BCUT2D eigenvalue weighted by molar-refractivity contribution is 6.03. The van der Waals surface area contributed by atoms with Gasteiger partial charge in [-0.2, -0.15) is 0 Å². The molecule has 0 aliphatic carbocycles. The Morgan fingerprint density at radius 3 is 2.21 bits per heavy atom. The van der Waals surface area contributed by atoms with Crippen LogP contribution in [-0.4, -0.2) is 23.6 Å². The number of hydrogen-bond donors (Lipinski definition) is 1. The van der Waals surface area contributed by atoms with Gasteiger partial charge in [0.1, 0.15) is 0 Å². The Morgan fingerprint density at radius 1 is 1.21 bits per heavy atom. The van der Waals surface area contributed by atoms with Gasteiger partial charge < -0.3 is 5.11 Å². The molecule has 0 bridgehead atoms. The highest BCUT2D eigenvalue weighted by Gasteiger charge is 2.14. The summed E-state index contributed by atoms with van der Waals surface area (Å²) in [5.74, 6) is -1.21. The van der Waals surface area contributed by atoms with Crippen LogP contribution in [0.3, 0.4) is 0 Å². The number of aromatic carboxylic acids is 1. The van der Waals surface area contributed by atoms with E-state index in [-0.39, 0.29) is 16.7 Å². The minimum atomic E-state index is -1.21. The van der Waals surface area contributed by atoms with E-state index in [1.165, 1.54) is 12.1 Å². The number of carbonyl (C=O) groups is 3. The summed E-state index contributed by atoms with van der Waals surface area (Å²) in [5.41, 5.74) is 0.521. The van der Waals surface area contributed by atoms with Gasteiger partial charge in [0.15, 0.2) is 12.6 Å². The van der Waals surface area contributed by atoms with Crippen molar-refractivity contribution in [3.63, 3.8) is 0 Å². The van der Waals surface area contributed by atoms with Gasteiger partial charge in [-0.1, -0.05) is 6.07 Å². The molecule has 0 aliphatic heterocycles. The molecule has 0 saturated carbocycles. The van der Waals surface area contributed by atoms with Crippen LogP contribution in [0.25, 0.3) is 0 Å². The van der Waals surface area contributed by atoms with Gasteiger partial charge in [-0.05, 0) is 18.6 Å². The molecule has 1 aromatic carbocycles. The molecule has 0 heterocycles. The fraction of sp³-hybridized carbons (Fsp3) is 0.100. The average molecular weight is 192 g/mol. The van der Waals surface area contributed by atoms with Gasteiger partial charge in [0.25, 0.3) is 0 Å². The van der Waals surface area contributed by atoms with E-state index < -0.39 is 5.97 Å². The maximum Gasteiger partial charge on any atom is 0.336 e. The van der Waals surface area contributed by atoms with E-state index in [2.05, 4.69) is 0 Å². The minimum absolute atomic E-state index is 0.0625. The summed E-state index contributed by atoms with van der Waals surface area (Å²) in [6.45, 7) is 1.64. The third-order valence-corrected chi connectivity index (χ3v) is 1.97. The third kappa shape index (κ3) is 1.54. The third-order valence-electron chi connectivity index (χ3n) is 1.97. The fourth-order valence-corrected chi connectivity index (χ4v) is 1.22. The van der Waals surface area contributed by atoms with Crippen LogP contribution in [-0.2, 0) is 0 Å². The lowest BCUT2D eigenvalue weighted by atomic mass is 9.98. The summed E-state index contributed by atoms with van der Waals surface area (Å²) in [6.07, 6.45) is 0.881. The maximum absolute atomic E-state index is 10.7. The smallest absolute Gasteiger partial charge is 0.336 e.